The normalized spacial score (nSPS) is 11.8. The Hall–Kier alpha value is -2.70. The van der Waals surface area contributed by atoms with Gasteiger partial charge in [0.2, 0.25) is 5.91 Å². The monoisotopic (exact) mass is 406 g/mol. The Balaban J connectivity index is 1.61. The quantitative estimate of drug-likeness (QED) is 0.505. The third-order valence-electron chi connectivity index (χ3n) is 4.66. The third-order valence-corrected chi connectivity index (χ3v) is 5.40. The van der Waals surface area contributed by atoms with Crippen LogP contribution in [0.5, 0.6) is 0 Å². The molecule has 0 aliphatic rings. The summed E-state index contributed by atoms with van der Waals surface area (Å²) < 4.78 is 0. The molecule has 6 heteroatoms. The van der Waals surface area contributed by atoms with Gasteiger partial charge < -0.3 is 10.6 Å². The zero-order chi connectivity index (χ0) is 20.3. The second-order valence-electron chi connectivity index (χ2n) is 6.67. The number of amides is 1. The molecule has 2 aromatic heterocycles. The van der Waals surface area contributed by atoms with Crippen LogP contribution in [0.15, 0.2) is 78.2 Å². The highest BCUT2D eigenvalue weighted by Crippen LogP contribution is 2.19. The average molecular weight is 407 g/mol. The van der Waals surface area contributed by atoms with Gasteiger partial charge in [-0.05, 0) is 66.1 Å². The Morgan fingerprint density at radius 2 is 1.69 bits per heavy atom. The standard InChI is InChI=1S/C23H26N4OS/c1-29-21-6-4-20(5-7-21)22(26-15-11-19-3-2-12-25-17-19)23(28)27-16-10-18-8-13-24-14-9-18/h2-9,12-14,17,22,26H,10-11,15-16H2,1H3,(H,27,28). The number of hydrogen-bond donors (Lipinski definition) is 2. The van der Waals surface area contributed by atoms with Gasteiger partial charge in [0.1, 0.15) is 6.04 Å². The number of benzene rings is 1. The number of rotatable bonds is 10. The van der Waals surface area contributed by atoms with E-state index in [0.29, 0.717) is 13.1 Å². The molecular weight excluding hydrogens is 380 g/mol. The summed E-state index contributed by atoms with van der Waals surface area (Å²) in [5.41, 5.74) is 3.27. The molecule has 2 heterocycles. The SMILES string of the molecule is CSc1ccc(C(NCCc2cccnc2)C(=O)NCCc2ccncc2)cc1. The van der Waals surface area contributed by atoms with Crippen LogP contribution in [0.4, 0.5) is 0 Å². The van der Waals surface area contributed by atoms with Crippen LogP contribution in [0, 0.1) is 0 Å². The van der Waals surface area contributed by atoms with Crippen molar-refractivity contribution in [2.24, 2.45) is 0 Å². The number of aromatic nitrogens is 2. The Kier molecular flexibility index (Phi) is 8.22. The van der Waals surface area contributed by atoms with E-state index in [0.717, 1.165) is 29.5 Å². The van der Waals surface area contributed by atoms with Crippen LogP contribution in [0.3, 0.4) is 0 Å². The van der Waals surface area contributed by atoms with Gasteiger partial charge in [-0.2, -0.15) is 0 Å². The predicted molar refractivity (Wildman–Crippen MR) is 118 cm³/mol. The molecule has 3 aromatic rings. The van der Waals surface area contributed by atoms with Gasteiger partial charge in [-0.15, -0.1) is 11.8 Å². The minimum absolute atomic E-state index is 0.0119. The number of carbonyl (C=O) groups is 1. The van der Waals surface area contributed by atoms with Crippen LogP contribution in [0.1, 0.15) is 22.7 Å². The van der Waals surface area contributed by atoms with Crippen molar-refractivity contribution in [3.63, 3.8) is 0 Å². The summed E-state index contributed by atoms with van der Waals surface area (Å²) in [6.45, 7) is 1.28. The molecule has 1 atom stereocenters. The highest BCUT2D eigenvalue weighted by Gasteiger charge is 2.19. The molecule has 5 nitrogen and oxygen atoms in total. The van der Waals surface area contributed by atoms with E-state index in [1.807, 2.05) is 48.9 Å². The van der Waals surface area contributed by atoms with Crippen molar-refractivity contribution in [3.05, 3.63) is 90.0 Å². The summed E-state index contributed by atoms with van der Waals surface area (Å²) in [7, 11) is 0. The second-order valence-corrected chi connectivity index (χ2v) is 7.55. The van der Waals surface area contributed by atoms with Crippen LogP contribution in [0.25, 0.3) is 0 Å². The van der Waals surface area contributed by atoms with Crippen molar-refractivity contribution in [3.8, 4) is 0 Å². The zero-order valence-electron chi connectivity index (χ0n) is 16.5. The van der Waals surface area contributed by atoms with Crippen LogP contribution >= 0.6 is 11.8 Å². The van der Waals surface area contributed by atoms with Crippen LogP contribution in [-0.4, -0.2) is 35.2 Å². The smallest absolute Gasteiger partial charge is 0.241 e. The zero-order valence-corrected chi connectivity index (χ0v) is 17.4. The molecule has 0 aliphatic carbocycles. The summed E-state index contributed by atoms with van der Waals surface area (Å²) >= 11 is 1.69. The first-order valence-electron chi connectivity index (χ1n) is 9.69. The highest BCUT2D eigenvalue weighted by atomic mass is 32.2. The van der Waals surface area contributed by atoms with Gasteiger partial charge in [0.05, 0.1) is 0 Å². The molecule has 150 valence electrons. The minimum atomic E-state index is -0.389. The summed E-state index contributed by atoms with van der Waals surface area (Å²) in [6, 6.07) is 15.7. The first-order chi connectivity index (χ1) is 14.3. The van der Waals surface area contributed by atoms with Crippen molar-refractivity contribution in [2.75, 3.05) is 19.3 Å². The molecule has 1 unspecified atom stereocenters. The Morgan fingerprint density at radius 1 is 0.931 bits per heavy atom. The minimum Gasteiger partial charge on any atom is -0.354 e. The number of thioether (sulfide) groups is 1. The van der Waals surface area contributed by atoms with Gasteiger partial charge in [0.15, 0.2) is 0 Å². The molecule has 0 spiro atoms. The summed E-state index contributed by atoms with van der Waals surface area (Å²) in [6.07, 6.45) is 10.8. The molecule has 0 saturated carbocycles. The fraction of sp³-hybridized carbons (Fsp3) is 0.261. The second kappa shape index (κ2) is 11.3. The van der Waals surface area contributed by atoms with Crippen LogP contribution < -0.4 is 10.6 Å². The largest absolute Gasteiger partial charge is 0.354 e. The van der Waals surface area contributed by atoms with Gasteiger partial charge >= 0.3 is 0 Å². The van der Waals surface area contributed by atoms with Crippen molar-refractivity contribution >= 4 is 17.7 Å². The Labute approximate surface area is 176 Å². The van der Waals surface area contributed by atoms with E-state index in [1.165, 1.54) is 4.90 Å². The van der Waals surface area contributed by atoms with E-state index in [1.54, 1.807) is 30.4 Å². The molecule has 1 amide bonds. The molecule has 1 aromatic carbocycles. The number of pyridine rings is 2. The topological polar surface area (TPSA) is 66.9 Å². The van der Waals surface area contributed by atoms with Crippen molar-refractivity contribution in [1.29, 1.82) is 0 Å². The average Bonchev–Trinajstić information content (AvgIpc) is 2.78. The molecular formula is C23H26N4OS. The summed E-state index contributed by atoms with van der Waals surface area (Å²) in [5, 5.41) is 6.48. The first-order valence-corrected chi connectivity index (χ1v) is 10.9. The molecule has 0 fully saturated rings. The molecule has 0 bridgehead atoms. The first kappa shape index (κ1) is 21.0. The molecule has 0 radical (unpaired) electrons. The molecule has 29 heavy (non-hydrogen) atoms. The fourth-order valence-electron chi connectivity index (χ4n) is 3.05. The van der Waals surface area contributed by atoms with E-state index in [4.69, 9.17) is 0 Å². The number of nitrogens with one attached hydrogen (secondary N) is 2. The molecule has 2 N–H and O–H groups in total. The van der Waals surface area contributed by atoms with Gasteiger partial charge in [-0.3, -0.25) is 14.8 Å². The van der Waals surface area contributed by atoms with Gasteiger partial charge in [0.25, 0.3) is 0 Å². The predicted octanol–water partition coefficient (Wildman–Crippen LogP) is 3.43. The molecule has 0 aliphatic heterocycles. The maximum atomic E-state index is 12.9. The third kappa shape index (κ3) is 6.69. The van der Waals surface area contributed by atoms with Gasteiger partial charge in [-0.25, -0.2) is 0 Å². The Bertz CT molecular complexity index is 872. The lowest BCUT2D eigenvalue weighted by Crippen LogP contribution is -2.39. The van der Waals surface area contributed by atoms with Crippen molar-refractivity contribution in [1.82, 2.24) is 20.6 Å². The van der Waals surface area contributed by atoms with Gasteiger partial charge in [-0.1, -0.05) is 18.2 Å². The molecule has 3 rings (SSSR count). The maximum absolute atomic E-state index is 12.9. The van der Waals surface area contributed by atoms with E-state index >= 15 is 0 Å². The van der Waals surface area contributed by atoms with E-state index in [9.17, 15) is 4.79 Å². The van der Waals surface area contributed by atoms with E-state index < -0.39 is 0 Å². The number of hydrogen-bond acceptors (Lipinski definition) is 5. The lowest BCUT2D eigenvalue weighted by atomic mass is 10.1. The van der Waals surface area contributed by atoms with Crippen LogP contribution in [0.2, 0.25) is 0 Å². The number of carbonyl (C=O) groups excluding carboxylic acids is 1. The van der Waals surface area contributed by atoms with Gasteiger partial charge in [0, 0.05) is 42.8 Å². The van der Waals surface area contributed by atoms with Crippen molar-refractivity contribution < 1.29 is 4.79 Å². The lowest BCUT2D eigenvalue weighted by Gasteiger charge is -2.19. The van der Waals surface area contributed by atoms with Crippen molar-refractivity contribution in [2.45, 2.75) is 23.8 Å². The van der Waals surface area contributed by atoms with E-state index in [2.05, 4.69) is 32.7 Å². The summed E-state index contributed by atoms with van der Waals surface area (Å²) in [5.74, 6) is -0.0119. The molecule has 0 saturated heterocycles. The van der Waals surface area contributed by atoms with E-state index in [-0.39, 0.29) is 11.9 Å². The summed E-state index contributed by atoms with van der Waals surface area (Å²) in [4.78, 5) is 22.3. The van der Waals surface area contributed by atoms with Crippen LogP contribution in [-0.2, 0) is 17.6 Å². The highest BCUT2D eigenvalue weighted by molar-refractivity contribution is 7.98. The Morgan fingerprint density at radius 3 is 2.38 bits per heavy atom. The fourth-order valence-corrected chi connectivity index (χ4v) is 3.45. The maximum Gasteiger partial charge on any atom is 0.241 e. The lowest BCUT2D eigenvalue weighted by molar-refractivity contribution is -0.123. The number of nitrogens with zero attached hydrogens (tertiary/aromatic N) is 2.